The van der Waals surface area contributed by atoms with Crippen LogP contribution in [0.15, 0.2) is 10.1 Å². The van der Waals surface area contributed by atoms with E-state index < -0.39 is 33.8 Å². The van der Waals surface area contributed by atoms with Gasteiger partial charge in [0.2, 0.25) is 0 Å². The molecule has 0 aromatic rings. The molecule has 2 amide bonds. The van der Waals surface area contributed by atoms with Gasteiger partial charge >= 0.3 is 0 Å². The molecule has 3 saturated heterocycles. The molecule has 4 fully saturated rings. The minimum absolute atomic E-state index is 0.234. The van der Waals surface area contributed by atoms with Crippen LogP contribution in [-0.2, 0) is 19.2 Å². The van der Waals surface area contributed by atoms with E-state index in [4.69, 9.17) is 56.0 Å². The Morgan fingerprint density at radius 3 is 1.96 bits per heavy atom. The Bertz CT molecular complexity index is 674. The van der Waals surface area contributed by atoms with Crippen LogP contribution in [0.25, 0.3) is 0 Å². The van der Waals surface area contributed by atoms with Gasteiger partial charge in [0.05, 0.1) is 50.5 Å². The van der Waals surface area contributed by atoms with E-state index in [1.807, 2.05) is 0 Å². The number of hydroxylamine groups is 2. The van der Waals surface area contributed by atoms with Crippen molar-refractivity contribution in [1.82, 2.24) is 5.06 Å². The molecular formula is C15H13Cl4NO4. The quantitative estimate of drug-likeness (QED) is 0.516. The maximum atomic E-state index is 12.7. The summed E-state index contributed by atoms with van der Waals surface area (Å²) in [5.41, 5.74) is 0. The number of amides is 2. The van der Waals surface area contributed by atoms with Crippen LogP contribution in [-0.4, -0.2) is 45.4 Å². The fraction of sp³-hybridized carbons (Fsp3) is 0.733. The van der Waals surface area contributed by atoms with E-state index in [0.717, 1.165) is 5.06 Å². The predicted molar refractivity (Wildman–Crippen MR) is 86.6 cm³/mol. The lowest BCUT2D eigenvalue weighted by Crippen LogP contribution is -2.50. The Kier molecular flexibility index (Phi) is 3.11. The Balaban J connectivity index is 1.61. The molecule has 1 saturated carbocycles. The molecule has 0 aromatic heterocycles. The van der Waals surface area contributed by atoms with Crippen molar-refractivity contribution >= 4 is 58.2 Å². The van der Waals surface area contributed by atoms with Crippen LogP contribution < -0.4 is 0 Å². The second-order valence-electron chi connectivity index (χ2n) is 7.09. The molecule has 0 spiro atoms. The number of carbonyl (C=O) groups excluding carboxylic acids is 2. The summed E-state index contributed by atoms with van der Waals surface area (Å²) in [6, 6.07) is 0. The van der Waals surface area contributed by atoms with Gasteiger partial charge < -0.3 is 4.74 Å². The molecule has 3 heterocycles. The fourth-order valence-electron chi connectivity index (χ4n) is 5.52. The van der Waals surface area contributed by atoms with Crippen LogP contribution in [0.2, 0.25) is 0 Å². The van der Waals surface area contributed by atoms with E-state index in [0.29, 0.717) is 16.5 Å². The van der Waals surface area contributed by atoms with Crippen molar-refractivity contribution in [3.63, 3.8) is 0 Å². The SMILES string of the molecule is CCON1C(=O)[C@@H]2[C@H]3O[C@@H]([C@@H]2C1=O)[C@H]1[C@@H]3[C@@]2(Cl)C[C@@]1(Cl)C(Cl)=C2Cl. The Morgan fingerprint density at radius 2 is 1.54 bits per heavy atom. The van der Waals surface area contributed by atoms with Gasteiger partial charge in [-0.05, 0) is 13.3 Å². The van der Waals surface area contributed by atoms with Gasteiger partial charge in [-0.1, -0.05) is 23.2 Å². The monoisotopic (exact) mass is 411 g/mol. The highest BCUT2D eigenvalue weighted by Gasteiger charge is 2.82. The number of fused-ring (bicyclic) bond motifs is 12. The van der Waals surface area contributed by atoms with Crippen LogP contribution in [0.5, 0.6) is 0 Å². The molecule has 5 nitrogen and oxygen atoms in total. The number of carbonyl (C=O) groups is 2. The molecule has 0 radical (unpaired) electrons. The van der Waals surface area contributed by atoms with E-state index in [9.17, 15) is 9.59 Å². The molecule has 0 unspecified atom stereocenters. The van der Waals surface area contributed by atoms with Crippen molar-refractivity contribution < 1.29 is 19.2 Å². The molecular weight excluding hydrogens is 400 g/mol. The number of imide groups is 1. The first-order valence-electron chi connectivity index (χ1n) is 7.87. The standard InChI is InChI=1S/C15H13Cl4NO4/c1-2-23-20-12(21)4-5(13(20)22)9-7-6(8(4)24-9)14(18)3-15(7,19)11(17)10(14)16/h4-9H,2-3H2,1H3/t4-,5+,6-,7+,8+,9-,14-,15-/m0/s1. The largest absolute Gasteiger partial charge is 0.373 e. The zero-order valence-corrected chi connectivity index (χ0v) is 15.5. The van der Waals surface area contributed by atoms with Gasteiger partial charge in [-0.2, -0.15) is 5.06 Å². The lowest BCUT2D eigenvalue weighted by molar-refractivity contribution is -0.191. The first kappa shape index (κ1) is 16.2. The van der Waals surface area contributed by atoms with Crippen LogP contribution in [0.1, 0.15) is 13.3 Å². The van der Waals surface area contributed by atoms with Gasteiger partial charge in [0.25, 0.3) is 11.8 Å². The first-order valence-corrected chi connectivity index (χ1v) is 9.38. The number of hydrogen-bond acceptors (Lipinski definition) is 4. The smallest absolute Gasteiger partial charge is 0.260 e. The zero-order valence-electron chi connectivity index (χ0n) is 12.5. The molecule has 130 valence electrons. The summed E-state index contributed by atoms with van der Waals surface area (Å²) in [7, 11) is 0. The van der Waals surface area contributed by atoms with Gasteiger partial charge in [-0.25, -0.2) is 0 Å². The normalized spacial score (nSPS) is 54.3. The number of ether oxygens (including phenoxy) is 1. The van der Waals surface area contributed by atoms with Crippen molar-refractivity contribution in [2.24, 2.45) is 23.7 Å². The summed E-state index contributed by atoms with van der Waals surface area (Å²) in [6.45, 7) is 1.96. The fourth-order valence-corrected chi connectivity index (χ4v) is 7.54. The van der Waals surface area contributed by atoms with Crippen LogP contribution in [0.4, 0.5) is 0 Å². The highest BCUT2D eigenvalue weighted by molar-refractivity contribution is 6.51. The highest BCUT2D eigenvalue weighted by atomic mass is 35.5. The van der Waals surface area contributed by atoms with E-state index in [1.165, 1.54) is 0 Å². The Hall–Kier alpha value is -0.0400. The minimum Gasteiger partial charge on any atom is -0.373 e. The van der Waals surface area contributed by atoms with Gasteiger partial charge in [-0.3, -0.25) is 14.4 Å². The molecule has 4 bridgehead atoms. The lowest BCUT2D eigenvalue weighted by atomic mass is 9.65. The van der Waals surface area contributed by atoms with Crippen molar-refractivity contribution in [3.8, 4) is 0 Å². The number of hydrogen-bond donors (Lipinski definition) is 0. The molecule has 0 N–H and O–H groups in total. The van der Waals surface area contributed by atoms with Gasteiger partial charge in [0.15, 0.2) is 0 Å². The van der Waals surface area contributed by atoms with Crippen molar-refractivity contribution in [2.45, 2.75) is 35.3 Å². The zero-order chi connectivity index (χ0) is 17.2. The molecule has 5 rings (SSSR count). The molecule has 5 aliphatic rings. The van der Waals surface area contributed by atoms with Crippen LogP contribution >= 0.6 is 46.4 Å². The Morgan fingerprint density at radius 1 is 1.08 bits per heavy atom. The average molecular weight is 413 g/mol. The topological polar surface area (TPSA) is 55.8 Å². The maximum absolute atomic E-state index is 12.7. The summed E-state index contributed by atoms with van der Waals surface area (Å²) in [6.07, 6.45) is -0.601. The maximum Gasteiger partial charge on any atom is 0.260 e. The number of rotatable bonds is 2. The van der Waals surface area contributed by atoms with Gasteiger partial charge in [-0.15, -0.1) is 23.2 Å². The third kappa shape index (κ3) is 1.47. The minimum atomic E-state index is -0.933. The summed E-state index contributed by atoms with van der Waals surface area (Å²) in [4.78, 5) is 28.7. The van der Waals surface area contributed by atoms with Crippen molar-refractivity contribution in [2.75, 3.05) is 6.61 Å². The summed E-state index contributed by atoms with van der Waals surface area (Å²) >= 11 is 26.4. The van der Waals surface area contributed by atoms with Gasteiger partial charge in [0.1, 0.15) is 0 Å². The predicted octanol–water partition coefficient (Wildman–Crippen LogP) is 2.61. The van der Waals surface area contributed by atoms with E-state index in [2.05, 4.69) is 0 Å². The third-order valence-corrected chi connectivity index (χ3v) is 8.72. The molecule has 8 atom stereocenters. The molecule has 9 heteroatoms. The molecule has 2 aliphatic carbocycles. The average Bonchev–Trinajstić information content (AvgIpc) is 3.25. The highest BCUT2D eigenvalue weighted by Crippen LogP contribution is 2.75. The van der Waals surface area contributed by atoms with Crippen LogP contribution in [0.3, 0.4) is 0 Å². The summed E-state index contributed by atoms with van der Waals surface area (Å²) in [5.74, 6) is -2.39. The van der Waals surface area contributed by atoms with E-state index in [1.54, 1.807) is 6.92 Å². The number of allylic oxidation sites excluding steroid dienone is 2. The van der Waals surface area contributed by atoms with Crippen LogP contribution in [0, 0.1) is 23.7 Å². The molecule has 24 heavy (non-hydrogen) atoms. The number of nitrogens with zero attached hydrogens (tertiary/aromatic N) is 1. The number of halogens is 4. The molecule has 0 aromatic carbocycles. The second kappa shape index (κ2) is 4.62. The third-order valence-electron chi connectivity index (χ3n) is 6.23. The van der Waals surface area contributed by atoms with Crippen molar-refractivity contribution in [3.05, 3.63) is 10.1 Å². The Labute approximate surface area is 158 Å². The second-order valence-corrected chi connectivity index (χ2v) is 9.19. The molecule has 3 aliphatic heterocycles. The van der Waals surface area contributed by atoms with E-state index in [-0.39, 0.29) is 30.3 Å². The van der Waals surface area contributed by atoms with Crippen molar-refractivity contribution in [1.29, 1.82) is 0 Å². The summed E-state index contributed by atoms with van der Waals surface area (Å²) in [5, 5.41) is 1.56. The first-order chi connectivity index (χ1) is 11.3. The number of alkyl halides is 2. The summed E-state index contributed by atoms with van der Waals surface area (Å²) < 4.78 is 6.04. The van der Waals surface area contributed by atoms with Gasteiger partial charge in [0, 0.05) is 11.8 Å². The van der Waals surface area contributed by atoms with E-state index >= 15 is 0 Å². The lowest BCUT2D eigenvalue weighted by Gasteiger charge is -2.40.